The van der Waals surface area contributed by atoms with Crippen molar-refractivity contribution in [2.24, 2.45) is 0 Å². The number of carbonyl (C=O) groups is 1. The number of amides is 1. The standard InChI is InChI=1S/C21H36N4O2/c1-16(2)25-20-11-14-27-15-18(20)19(23-25)9-10-21(26)22-12-13-24(3)17-7-5-4-6-8-17/h16-17H,4-15H2,1-3H3,(H,22,26). The lowest BCUT2D eigenvalue weighted by atomic mass is 9.94. The van der Waals surface area contributed by atoms with Crippen molar-refractivity contribution in [1.82, 2.24) is 20.0 Å². The Bertz CT molecular complexity index is 620. The summed E-state index contributed by atoms with van der Waals surface area (Å²) in [6.07, 6.45) is 8.77. The smallest absolute Gasteiger partial charge is 0.220 e. The maximum atomic E-state index is 12.3. The van der Waals surface area contributed by atoms with E-state index in [1.54, 1.807) is 0 Å². The van der Waals surface area contributed by atoms with Gasteiger partial charge in [0, 0.05) is 55.7 Å². The van der Waals surface area contributed by atoms with E-state index in [-0.39, 0.29) is 5.91 Å². The summed E-state index contributed by atoms with van der Waals surface area (Å²) >= 11 is 0. The molecule has 0 saturated heterocycles. The van der Waals surface area contributed by atoms with Crippen LogP contribution in [0.5, 0.6) is 0 Å². The van der Waals surface area contributed by atoms with Gasteiger partial charge in [-0.15, -0.1) is 0 Å². The van der Waals surface area contributed by atoms with Crippen LogP contribution in [0, 0.1) is 0 Å². The van der Waals surface area contributed by atoms with Crippen molar-refractivity contribution in [3.05, 3.63) is 17.0 Å². The van der Waals surface area contributed by atoms with E-state index < -0.39 is 0 Å². The Balaban J connectivity index is 1.44. The number of hydrogen-bond acceptors (Lipinski definition) is 4. The number of ether oxygens (including phenoxy) is 1. The van der Waals surface area contributed by atoms with Gasteiger partial charge in [0.05, 0.1) is 18.9 Å². The van der Waals surface area contributed by atoms with Gasteiger partial charge in [-0.1, -0.05) is 19.3 Å². The zero-order valence-electron chi connectivity index (χ0n) is 17.3. The van der Waals surface area contributed by atoms with Crippen molar-refractivity contribution in [2.45, 2.75) is 83.9 Å². The molecule has 0 unspecified atom stereocenters. The quantitative estimate of drug-likeness (QED) is 0.758. The highest BCUT2D eigenvalue weighted by atomic mass is 16.5. The molecule has 1 amide bonds. The van der Waals surface area contributed by atoms with Gasteiger partial charge in [-0.05, 0) is 33.7 Å². The molecule has 0 atom stereocenters. The van der Waals surface area contributed by atoms with Crippen LogP contribution in [0.1, 0.15) is 75.4 Å². The summed E-state index contributed by atoms with van der Waals surface area (Å²) in [6, 6.07) is 1.04. The van der Waals surface area contributed by atoms with Gasteiger partial charge in [0.1, 0.15) is 0 Å². The molecule has 3 rings (SSSR count). The van der Waals surface area contributed by atoms with Crippen LogP contribution in [0.15, 0.2) is 0 Å². The molecule has 27 heavy (non-hydrogen) atoms. The van der Waals surface area contributed by atoms with Gasteiger partial charge in [-0.2, -0.15) is 5.10 Å². The van der Waals surface area contributed by atoms with Crippen LogP contribution >= 0.6 is 0 Å². The van der Waals surface area contributed by atoms with E-state index >= 15 is 0 Å². The van der Waals surface area contributed by atoms with Crippen molar-refractivity contribution < 1.29 is 9.53 Å². The molecule has 1 aromatic rings. The molecule has 1 aliphatic carbocycles. The highest BCUT2D eigenvalue weighted by molar-refractivity contribution is 5.76. The molecule has 1 aliphatic heterocycles. The Morgan fingerprint density at radius 2 is 2.11 bits per heavy atom. The Morgan fingerprint density at radius 3 is 2.85 bits per heavy atom. The second-order valence-electron chi connectivity index (χ2n) is 8.34. The van der Waals surface area contributed by atoms with E-state index in [1.807, 2.05) is 0 Å². The number of aryl methyl sites for hydroxylation is 1. The highest BCUT2D eigenvalue weighted by Gasteiger charge is 2.23. The molecule has 152 valence electrons. The molecule has 0 aromatic carbocycles. The van der Waals surface area contributed by atoms with E-state index in [9.17, 15) is 4.79 Å². The molecule has 1 N–H and O–H groups in total. The average Bonchev–Trinajstić information content (AvgIpc) is 3.06. The van der Waals surface area contributed by atoms with Crippen LogP contribution in [-0.4, -0.2) is 53.4 Å². The summed E-state index contributed by atoms with van der Waals surface area (Å²) < 4.78 is 7.74. The largest absolute Gasteiger partial charge is 0.376 e. The van der Waals surface area contributed by atoms with Crippen LogP contribution < -0.4 is 5.32 Å². The molecule has 2 heterocycles. The van der Waals surface area contributed by atoms with E-state index in [0.717, 1.165) is 31.8 Å². The van der Waals surface area contributed by atoms with Gasteiger partial charge < -0.3 is 15.0 Å². The van der Waals surface area contributed by atoms with Crippen molar-refractivity contribution in [2.75, 3.05) is 26.7 Å². The fourth-order valence-electron chi connectivity index (χ4n) is 4.36. The summed E-state index contributed by atoms with van der Waals surface area (Å²) in [5, 5.41) is 7.87. The van der Waals surface area contributed by atoms with Crippen molar-refractivity contribution in [3.63, 3.8) is 0 Å². The fraction of sp³-hybridized carbons (Fsp3) is 0.810. The third-order valence-electron chi connectivity index (χ3n) is 5.99. The predicted octanol–water partition coefficient (Wildman–Crippen LogP) is 2.85. The van der Waals surface area contributed by atoms with Crippen LogP contribution in [-0.2, 0) is 29.0 Å². The maximum absolute atomic E-state index is 12.3. The summed E-state index contributed by atoms with van der Waals surface area (Å²) in [5.41, 5.74) is 3.54. The van der Waals surface area contributed by atoms with Crippen LogP contribution in [0.2, 0.25) is 0 Å². The Kier molecular flexibility index (Phi) is 7.30. The lowest BCUT2D eigenvalue weighted by Crippen LogP contribution is -2.39. The summed E-state index contributed by atoms with van der Waals surface area (Å²) in [5.74, 6) is 0.122. The minimum atomic E-state index is 0.122. The number of likely N-dealkylation sites (N-methyl/N-ethyl adjacent to an activating group) is 1. The van der Waals surface area contributed by atoms with E-state index in [0.29, 0.717) is 31.5 Å². The average molecular weight is 377 g/mol. The lowest BCUT2D eigenvalue weighted by Gasteiger charge is -2.31. The molecular formula is C21H36N4O2. The number of fused-ring (bicyclic) bond motifs is 1. The number of hydrogen-bond donors (Lipinski definition) is 1. The lowest BCUT2D eigenvalue weighted by molar-refractivity contribution is -0.121. The second kappa shape index (κ2) is 9.69. The Labute approximate surface area is 163 Å². The van der Waals surface area contributed by atoms with E-state index in [2.05, 4.69) is 35.8 Å². The molecule has 1 saturated carbocycles. The van der Waals surface area contributed by atoms with Gasteiger partial charge in [0.25, 0.3) is 0 Å². The van der Waals surface area contributed by atoms with E-state index in [1.165, 1.54) is 43.4 Å². The molecular weight excluding hydrogens is 340 g/mol. The number of carbonyl (C=O) groups excluding carboxylic acids is 1. The van der Waals surface area contributed by atoms with Crippen LogP contribution in [0.3, 0.4) is 0 Å². The number of rotatable bonds is 8. The van der Waals surface area contributed by atoms with Crippen molar-refractivity contribution in [3.8, 4) is 0 Å². The number of nitrogens with zero attached hydrogens (tertiary/aromatic N) is 3. The van der Waals surface area contributed by atoms with Crippen molar-refractivity contribution >= 4 is 5.91 Å². The zero-order chi connectivity index (χ0) is 19.2. The van der Waals surface area contributed by atoms with Gasteiger partial charge in [0.2, 0.25) is 5.91 Å². The molecule has 1 aromatic heterocycles. The first-order valence-corrected chi connectivity index (χ1v) is 10.7. The summed E-state index contributed by atoms with van der Waals surface area (Å²) in [6.45, 7) is 7.37. The minimum absolute atomic E-state index is 0.122. The molecule has 1 fully saturated rings. The van der Waals surface area contributed by atoms with Gasteiger partial charge >= 0.3 is 0 Å². The Morgan fingerprint density at radius 1 is 1.33 bits per heavy atom. The normalized spacial score (nSPS) is 18.1. The molecule has 6 nitrogen and oxygen atoms in total. The van der Waals surface area contributed by atoms with Crippen LogP contribution in [0.25, 0.3) is 0 Å². The predicted molar refractivity (Wildman–Crippen MR) is 107 cm³/mol. The number of nitrogens with one attached hydrogen (secondary N) is 1. The summed E-state index contributed by atoms with van der Waals surface area (Å²) in [4.78, 5) is 14.7. The zero-order valence-corrected chi connectivity index (χ0v) is 17.3. The van der Waals surface area contributed by atoms with Gasteiger partial charge in [0.15, 0.2) is 0 Å². The fourth-order valence-corrected chi connectivity index (χ4v) is 4.36. The van der Waals surface area contributed by atoms with Gasteiger partial charge in [-0.3, -0.25) is 9.48 Å². The highest BCUT2D eigenvalue weighted by Crippen LogP contribution is 2.24. The van der Waals surface area contributed by atoms with E-state index in [4.69, 9.17) is 9.84 Å². The molecule has 0 bridgehead atoms. The maximum Gasteiger partial charge on any atom is 0.220 e. The number of aromatic nitrogens is 2. The molecule has 2 aliphatic rings. The SMILES string of the molecule is CC(C)n1nc(CCC(=O)NCCN(C)C2CCCCC2)c2c1CCOC2. The third kappa shape index (κ3) is 5.32. The molecule has 0 radical (unpaired) electrons. The second-order valence-corrected chi connectivity index (χ2v) is 8.34. The first kappa shape index (κ1) is 20.3. The topological polar surface area (TPSA) is 59.4 Å². The van der Waals surface area contributed by atoms with Gasteiger partial charge in [-0.25, -0.2) is 0 Å². The monoisotopic (exact) mass is 376 g/mol. The third-order valence-corrected chi connectivity index (χ3v) is 5.99. The first-order valence-electron chi connectivity index (χ1n) is 10.7. The minimum Gasteiger partial charge on any atom is -0.376 e. The van der Waals surface area contributed by atoms with Crippen molar-refractivity contribution in [1.29, 1.82) is 0 Å². The molecule has 6 heteroatoms. The first-order chi connectivity index (χ1) is 13.1. The molecule has 0 spiro atoms. The summed E-state index contributed by atoms with van der Waals surface area (Å²) in [7, 11) is 2.19. The van der Waals surface area contributed by atoms with Crippen LogP contribution in [0.4, 0.5) is 0 Å². The Hall–Kier alpha value is -1.40.